The van der Waals surface area contributed by atoms with Crippen LogP contribution in [0.3, 0.4) is 0 Å². The van der Waals surface area contributed by atoms with Crippen LogP contribution in [0.5, 0.6) is 0 Å². The molecule has 11 heteroatoms. The molecule has 0 saturated carbocycles. The van der Waals surface area contributed by atoms with Crippen molar-refractivity contribution in [3.63, 3.8) is 0 Å². The van der Waals surface area contributed by atoms with Crippen LogP contribution in [0.1, 0.15) is 34.1 Å². The standard InChI is InChI=1S/C22H14F5N3O3/c1-30(22(32)16-3-8-2-11(23)14(26)6-15(8)28-16)17-7-33-20(27)19-18(17)9-4-12(24)13(25)5-10(9)21(31)29-19/h2-6,17,20,28H,7H2,1H3,(H,29,31)/t17-,20+/m1/s1. The van der Waals surface area contributed by atoms with Crippen LogP contribution < -0.4 is 5.56 Å². The Labute approximate surface area is 181 Å². The van der Waals surface area contributed by atoms with Crippen LogP contribution in [0.25, 0.3) is 21.7 Å². The first kappa shape index (κ1) is 21.1. The smallest absolute Gasteiger partial charge is 0.270 e. The topological polar surface area (TPSA) is 78.2 Å². The summed E-state index contributed by atoms with van der Waals surface area (Å²) in [4.78, 5) is 31.6. The summed E-state index contributed by atoms with van der Waals surface area (Å²) in [5, 5.41) is -0.0321. The van der Waals surface area contributed by atoms with Crippen molar-refractivity contribution in [2.75, 3.05) is 13.7 Å². The molecule has 0 saturated heterocycles. The maximum atomic E-state index is 14.5. The zero-order chi connectivity index (χ0) is 23.6. The van der Waals surface area contributed by atoms with Gasteiger partial charge in [0.2, 0.25) is 6.36 Å². The molecular formula is C22H14F5N3O3. The molecule has 0 unspecified atom stereocenters. The van der Waals surface area contributed by atoms with Crippen LogP contribution in [-0.2, 0) is 4.74 Å². The fourth-order valence-electron chi connectivity index (χ4n) is 4.12. The largest absolute Gasteiger partial charge is 0.350 e. The number of nitrogens with one attached hydrogen (secondary N) is 2. The van der Waals surface area contributed by atoms with Crippen molar-refractivity contribution < 1.29 is 31.5 Å². The number of halogens is 5. The Kier molecular flexibility index (Phi) is 4.74. The number of pyridine rings is 1. The lowest BCUT2D eigenvalue weighted by atomic mass is 9.95. The summed E-state index contributed by atoms with van der Waals surface area (Å²) in [5.41, 5.74) is -0.931. The van der Waals surface area contributed by atoms with E-state index in [9.17, 15) is 31.5 Å². The Bertz CT molecular complexity index is 1470. The van der Waals surface area contributed by atoms with Gasteiger partial charge in [0.05, 0.1) is 23.7 Å². The number of ether oxygens (including phenoxy) is 1. The number of benzene rings is 2. The number of carbonyl (C=O) groups excluding carboxylic acids is 1. The van der Waals surface area contributed by atoms with E-state index >= 15 is 0 Å². The van der Waals surface area contributed by atoms with Crippen molar-refractivity contribution in [1.29, 1.82) is 0 Å². The summed E-state index contributed by atoms with van der Waals surface area (Å²) in [6.07, 6.45) is -2.05. The van der Waals surface area contributed by atoms with Crippen molar-refractivity contribution in [2.45, 2.75) is 12.4 Å². The lowest BCUT2D eigenvalue weighted by molar-refractivity contribution is -0.0771. The van der Waals surface area contributed by atoms with Crippen molar-refractivity contribution >= 4 is 27.6 Å². The Morgan fingerprint density at radius 2 is 1.61 bits per heavy atom. The molecule has 1 aliphatic rings. The third kappa shape index (κ3) is 3.27. The van der Waals surface area contributed by atoms with E-state index in [0.717, 1.165) is 23.1 Å². The fraction of sp³-hybridized carbons (Fsp3) is 0.182. The van der Waals surface area contributed by atoms with E-state index in [0.29, 0.717) is 6.07 Å². The van der Waals surface area contributed by atoms with Gasteiger partial charge in [0.15, 0.2) is 23.3 Å². The molecule has 1 aliphatic heterocycles. The fourth-order valence-corrected chi connectivity index (χ4v) is 4.12. The normalized spacial score (nSPS) is 18.0. The molecule has 0 aliphatic carbocycles. The Hall–Kier alpha value is -3.73. The molecule has 1 amide bonds. The average Bonchev–Trinajstić information content (AvgIpc) is 3.18. The highest BCUT2D eigenvalue weighted by molar-refractivity contribution is 5.98. The number of hydrogen-bond acceptors (Lipinski definition) is 3. The van der Waals surface area contributed by atoms with Gasteiger partial charge in [0.1, 0.15) is 5.69 Å². The minimum Gasteiger partial charge on any atom is -0.350 e. The summed E-state index contributed by atoms with van der Waals surface area (Å²) in [5.74, 6) is -5.32. The summed E-state index contributed by atoms with van der Waals surface area (Å²) < 4.78 is 74.4. The second-order valence-corrected chi connectivity index (χ2v) is 7.71. The van der Waals surface area contributed by atoms with Crippen LogP contribution in [0.4, 0.5) is 22.0 Å². The molecule has 2 atom stereocenters. The predicted molar refractivity (Wildman–Crippen MR) is 107 cm³/mol. The number of carbonyl (C=O) groups is 1. The minimum atomic E-state index is -2.05. The van der Waals surface area contributed by atoms with Gasteiger partial charge in [-0.2, -0.15) is 0 Å². The summed E-state index contributed by atoms with van der Waals surface area (Å²) >= 11 is 0. The predicted octanol–water partition coefficient (Wildman–Crippen LogP) is 4.38. The monoisotopic (exact) mass is 463 g/mol. The first-order valence-corrected chi connectivity index (χ1v) is 9.71. The first-order chi connectivity index (χ1) is 15.7. The maximum Gasteiger partial charge on any atom is 0.270 e. The van der Waals surface area contributed by atoms with Crippen molar-refractivity contribution in [2.24, 2.45) is 0 Å². The maximum absolute atomic E-state index is 14.5. The molecule has 5 rings (SSSR count). The molecule has 6 nitrogen and oxygen atoms in total. The first-order valence-electron chi connectivity index (χ1n) is 9.71. The molecule has 4 aromatic rings. The van der Waals surface area contributed by atoms with Crippen LogP contribution in [0.15, 0.2) is 35.1 Å². The van der Waals surface area contributed by atoms with E-state index in [-0.39, 0.29) is 45.2 Å². The van der Waals surface area contributed by atoms with Crippen molar-refractivity contribution in [3.8, 4) is 0 Å². The number of aromatic nitrogens is 2. The number of hydrogen-bond donors (Lipinski definition) is 2. The van der Waals surface area contributed by atoms with Gasteiger partial charge in [-0.25, -0.2) is 22.0 Å². The molecule has 0 radical (unpaired) electrons. The SMILES string of the molecule is CN(C(=O)c1cc2cc(F)c(F)cc2[nH]1)[C@@H]1CO[C@H](F)c2[nH]c(=O)c3cc(F)c(F)cc3c21. The molecule has 33 heavy (non-hydrogen) atoms. The van der Waals surface area contributed by atoms with Gasteiger partial charge in [-0.3, -0.25) is 9.59 Å². The highest BCUT2D eigenvalue weighted by Gasteiger charge is 2.36. The van der Waals surface area contributed by atoms with Crippen LogP contribution >= 0.6 is 0 Å². The summed E-state index contributed by atoms with van der Waals surface area (Å²) in [6, 6.07) is 3.63. The highest BCUT2D eigenvalue weighted by atomic mass is 19.2. The molecule has 0 bridgehead atoms. The Morgan fingerprint density at radius 3 is 2.33 bits per heavy atom. The third-order valence-electron chi connectivity index (χ3n) is 5.77. The van der Waals surface area contributed by atoms with Crippen molar-refractivity contribution in [1.82, 2.24) is 14.9 Å². The van der Waals surface area contributed by atoms with Gasteiger partial charge in [-0.05, 0) is 29.7 Å². The van der Waals surface area contributed by atoms with Crippen LogP contribution in [0, 0.1) is 23.3 Å². The van der Waals surface area contributed by atoms with Crippen LogP contribution in [-0.4, -0.2) is 34.4 Å². The van der Waals surface area contributed by atoms with Gasteiger partial charge in [0, 0.05) is 29.6 Å². The van der Waals surface area contributed by atoms with Gasteiger partial charge in [-0.1, -0.05) is 0 Å². The average molecular weight is 463 g/mol. The molecule has 3 heterocycles. The second kappa shape index (κ2) is 7.41. The minimum absolute atomic E-state index is 0.0209. The van der Waals surface area contributed by atoms with E-state index in [1.54, 1.807) is 0 Å². The summed E-state index contributed by atoms with van der Waals surface area (Å²) in [6.45, 7) is -0.347. The lowest BCUT2D eigenvalue weighted by Gasteiger charge is -2.34. The molecule has 2 aromatic heterocycles. The number of fused-ring (bicyclic) bond motifs is 4. The number of nitrogens with zero attached hydrogens (tertiary/aromatic N) is 1. The molecule has 0 fully saturated rings. The molecule has 0 spiro atoms. The number of rotatable bonds is 2. The van der Waals surface area contributed by atoms with E-state index in [2.05, 4.69) is 9.97 Å². The van der Waals surface area contributed by atoms with E-state index in [1.807, 2.05) is 0 Å². The number of likely N-dealkylation sites (N-methyl/N-ethyl adjacent to an activating group) is 1. The van der Waals surface area contributed by atoms with Gasteiger partial charge in [0.25, 0.3) is 11.5 Å². The summed E-state index contributed by atoms with van der Waals surface area (Å²) in [7, 11) is 1.36. The second-order valence-electron chi connectivity index (χ2n) is 7.71. The number of H-pyrrole nitrogens is 2. The number of alkyl halides is 1. The van der Waals surface area contributed by atoms with Crippen molar-refractivity contribution in [3.05, 3.63) is 80.9 Å². The lowest BCUT2D eigenvalue weighted by Crippen LogP contribution is -2.38. The quantitative estimate of drug-likeness (QED) is 0.434. The van der Waals surface area contributed by atoms with Gasteiger partial charge < -0.3 is 19.6 Å². The zero-order valence-electron chi connectivity index (χ0n) is 16.8. The van der Waals surface area contributed by atoms with Gasteiger partial charge >= 0.3 is 0 Å². The molecule has 2 aromatic carbocycles. The number of aromatic amines is 2. The zero-order valence-corrected chi connectivity index (χ0v) is 16.8. The Morgan fingerprint density at radius 1 is 0.970 bits per heavy atom. The van der Waals surface area contributed by atoms with Crippen LogP contribution in [0.2, 0.25) is 0 Å². The highest BCUT2D eigenvalue weighted by Crippen LogP contribution is 2.39. The molecular weight excluding hydrogens is 449 g/mol. The molecule has 170 valence electrons. The van der Waals surface area contributed by atoms with E-state index in [4.69, 9.17) is 4.74 Å². The van der Waals surface area contributed by atoms with Gasteiger partial charge in [-0.15, -0.1) is 0 Å². The van der Waals surface area contributed by atoms with E-state index < -0.39 is 47.1 Å². The third-order valence-corrected chi connectivity index (χ3v) is 5.77. The Balaban J connectivity index is 1.63. The number of amides is 1. The molecule has 2 N–H and O–H groups in total. The van der Waals surface area contributed by atoms with E-state index in [1.165, 1.54) is 13.1 Å².